The highest BCUT2D eigenvalue weighted by molar-refractivity contribution is 6.05. The highest BCUT2D eigenvalue weighted by Gasteiger charge is 2.49. The third-order valence-electron chi connectivity index (χ3n) is 5.93. The number of likely N-dealkylation sites (tertiary alicyclic amines) is 1. The number of carbonyl (C=O) groups excluding carboxylic acids is 2. The number of benzene rings is 2. The van der Waals surface area contributed by atoms with Gasteiger partial charge in [-0.05, 0) is 24.1 Å². The molecule has 6 heteroatoms. The zero-order valence-corrected chi connectivity index (χ0v) is 15.9. The fourth-order valence-electron chi connectivity index (χ4n) is 4.49. The van der Waals surface area contributed by atoms with Gasteiger partial charge in [0.1, 0.15) is 12.7 Å². The maximum atomic E-state index is 13.3. The van der Waals surface area contributed by atoms with Crippen LogP contribution in [0, 0.1) is 0 Å². The minimum Gasteiger partial charge on any atom is -0.364 e. The Hall–Kier alpha value is -3.25. The lowest BCUT2D eigenvalue weighted by Gasteiger charge is -2.50. The van der Waals surface area contributed by atoms with Crippen molar-refractivity contribution in [3.05, 3.63) is 78.0 Å². The van der Waals surface area contributed by atoms with E-state index in [-0.39, 0.29) is 24.5 Å². The summed E-state index contributed by atoms with van der Waals surface area (Å²) in [7, 11) is 0. The van der Waals surface area contributed by atoms with Crippen LogP contribution in [0.5, 0.6) is 0 Å². The maximum absolute atomic E-state index is 13.3. The number of carbonyl (C=O) groups is 2. The SMILES string of the molecule is O=C1CO[C@@H]2CN(C(=O)c3cccc4cccnc34)CC[C@@]2(c2ccccc2)N1. The first kappa shape index (κ1) is 17.8. The number of hydrogen-bond acceptors (Lipinski definition) is 4. The number of para-hydroxylation sites is 1. The number of pyridine rings is 1. The number of morpholine rings is 1. The van der Waals surface area contributed by atoms with Crippen LogP contribution in [0.2, 0.25) is 0 Å². The summed E-state index contributed by atoms with van der Waals surface area (Å²) in [5, 5.41) is 4.10. The van der Waals surface area contributed by atoms with Crippen LogP contribution in [0.3, 0.4) is 0 Å². The summed E-state index contributed by atoms with van der Waals surface area (Å²) < 4.78 is 5.93. The number of nitrogens with one attached hydrogen (secondary N) is 1. The molecule has 5 rings (SSSR count). The van der Waals surface area contributed by atoms with Gasteiger partial charge < -0.3 is 15.0 Å². The molecule has 0 aliphatic carbocycles. The summed E-state index contributed by atoms with van der Waals surface area (Å²) in [5.41, 5.74) is 1.70. The fraction of sp³-hybridized carbons (Fsp3) is 0.261. The predicted molar refractivity (Wildman–Crippen MR) is 108 cm³/mol. The van der Waals surface area contributed by atoms with E-state index in [1.165, 1.54) is 0 Å². The first-order chi connectivity index (χ1) is 14.2. The Morgan fingerprint density at radius 2 is 1.93 bits per heavy atom. The number of amides is 2. The van der Waals surface area contributed by atoms with Crippen molar-refractivity contribution in [2.45, 2.75) is 18.1 Å². The molecule has 3 aromatic rings. The Balaban J connectivity index is 1.47. The van der Waals surface area contributed by atoms with Gasteiger partial charge in [-0.2, -0.15) is 0 Å². The first-order valence-corrected chi connectivity index (χ1v) is 9.78. The molecule has 0 saturated carbocycles. The second kappa shape index (κ2) is 6.97. The van der Waals surface area contributed by atoms with Crippen molar-refractivity contribution in [2.75, 3.05) is 19.7 Å². The molecule has 0 spiro atoms. The van der Waals surface area contributed by atoms with E-state index in [1.54, 1.807) is 6.20 Å². The van der Waals surface area contributed by atoms with Crippen molar-refractivity contribution < 1.29 is 14.3 Å². The highest BCUT2D eigenvalue weighted by atomic mass is 16.5. The quantitative estimate of drug-likeness (QED) is 0.733. The molecule has 2 aliphatic rings. The number of nitrogens with zero attached hydrogens (tertiary/aromatic N) is 2. The van der Waals surface area contributed by atoms with Gasteiger partial charge >= 0.3 is 0 Å². The van der Waals surface area contributed by atoms with Crippen molar-refractivity contribution in [3.8, 4) is 0 Å². The largest absolute Gasteiger partial charge is 0.364 e. The Morgan fingerprint density at radius 3 is 2.79 bits per heavy atom. The Kier molecular flexibility index (Phi) is 4.28. The van der Waals surface area contributed by atoms with Gasteiger partial charge in [-0.1, -0.05) is 48.5 Å². The molecule has 2 aromatic carbocycles. The maximum Gasteiger partial charge on any atom is 0.256 e. The molecule has 1 N–H and O–H groups in total. The monoisotopic (exact) mass is 387 g/mol. The smallest absolute Gasteiger partial charge is 0.256 e. The molecule has 2 atom stereocenters. The molecule has 2 amide bonds. The van der Waals surface area contributed by atoms with Gasteiger partial charge in [0.15, 0.2) is 0 Å². The van der Waals surface area contributed by atoms with E-state index in [9.17, 15) is 9.59 Å². The van der Waals surface area contributed by atoms with Crippen LogP contribution in [0.4, 0.5) is 0 Å². The Labute approximate surface area is 168 Å². The molecule has 3 heterocycles. The van der Waals surface area contributed by atoms with Gasteiger partial charge in [0, 0.05) is 24.7 Å². The summed E-state index contributed by atoms with van der Waals surface area (Å²) >= 11 is 0. The van der Waals surface area contributed by atoms with Crippen LogP contribution in [0.25, 0.3) is 10.9 Å². The predicted octanol–water partition coefficient (Wildman–Crippen LogP) is 2.49. The van der Waals surface area contributed by atoms with Crippen LogP contribution >= 0.6 is 0 Å². The van der Waals surface area contributed by atoms with Crippen molar-refractivity contribution in [3.63, 3.8) is 0 Å². The number of ether oxygens (including phenoxy) is 1. The average Bonchev–Trinajstić information content (AvgIpc) is 2.78. The van der Waals surface area contributed by atoms with Gasteiger partial charge in [-0.15, -0.1) is 0 Å². The zero-order chi connectivity index (χ0) is 19.8. The minimum atomic E-state index is -0.607. The summed E-state index contributed by atoms with van der Waals surface area (Å²) in [6.45, 7) is 0.950. The number of aromatic nitrogens is 1. The lowest BCUT2D eigenvalue weighted by Crippen LogP contribution is -2.67. The molecule has 2 aliphatic heterocycles. The molecular weight excluding hydrogens is 366 g/mol. The van der Waals surface area contributed by atoms with Gasteiger partial charge in [0.05, 0.1) is 16.6 Å². The lowest BCUT2D eigenvalue weighted by molar-refractivity contribution is -0.150. The van der Waals surface area contributed by atoms with Gasteiger partial charge in [0.2, 0.25) is 5.91 Å². The number of rotatable bonds is 2. The molecular formula is C23H21N3O3. The zero-order valence-electron chi connectivity index (χ0n) is 15.9. The third kappa shape index (κ3) is 2.96. The van der Waals surface area contributed by atoms with Crippen LogP contribution in [-0.2, 0) is 15.1 Å². The van der Waals surface area contributed by atoms with Crippen molar-refractivity contribution >= 4 is 22.7 Å². The molecule has 6 nitrogen and oxygen atoms in total. The van der Waals surface area contributed by atoms with Gasteiger partial charge in [-0.3, -0.25) is 14.6 Å². The van der Waals surface area contributed by atoms with E-state index in [0.717, 1.165) is 10.9 Å². The number of piperidine rings is 1. The van der Waals surface area contributed by atoms with E-state index < -0.39 is 5.54 Å². The number of hydrogen-bond donors (Lipinski definition) is 1. The highest BCUT2D eigenvalue weighted by Crippen LogP contribution is 2.37. The average molecular weight is 387 g/mol. The normalized spacial score (nSPS) is 24.1. The van der Waals surface area contributed by atoms with E-state index in [2.05, 4.69) is 10.3 Å². The standard InChI is InChI=1S/C23H21N3O3/c27-20-15-29-19-14-26(13-11-23(19,25-20)17-8-2-1-3-9-17)22(28)18-10-4-6-16-7-5-12-24-21(16)18/h1-10,12,19H,11,13-15H2,(H,25,27)/t19-,23+/m1/s1. The van der Waals surface area contributed by atoms with Crippen molar-refractivity contribution in [2.24, 2.45) is 0 Å². The van der Waals surface area contributed by atoms with Crippen LogP contribution in [0.1, 0.15) is 22.3 Å². The van der Waals surface area contributed by atoms with E-state index in [0.29, 0.717) is 30.6 Å². The molecule has 146 valence electrons. The van der Waals surface area contributed by atoms with Crippen molar-refractivity contribution in [1.82, 2.24) is 15.2 Å². The van der Waals surface area contributed by atoms with Crippen LogP contribution < -0.4 is 5.32 Å². The van der Waals surface area contributed by atoms with Gasteiger partial charge in [0.25, 0.3) is 5.91 Å². The molecule has 0 unspecified atom stereocenters. The summed E-state index contributed by atoms with van der Waals surface area (Å²) in [6.07, 6.45) is 2.00. The summed E-state index contributed by atoms with van der Waals surface area (Å²) in [4.78, 5) is 31.7. The second-order valence-corrected chi connectivity index (χ2v) is 7.57. The van der Waals surface area contributed by atoms with Crippen molar-refractivity contribution in [1.29, 1.82) is 0 Å². The second-order valence-electron chi connectivity index (χ2n) is 7.57. The molecule has 0 bridgehead atoms. The lowest BCUT2D eigenvalue weighted by atomic mass is 9.77. The molecule has 29 heavy (non-hydrogen) atoms. The summed E-state index contributed by atoms with van der Waals surface area (Å²) in [6, 6.07) is 19.4. The minimum absolute atomic E-state index is 0.0110. The van der Waals surface area contributed by atoms with E-state index >= 15 is 0 Å². The third-order valence-corrected chi connectivity index (χ3v) is 5.93. The molecule has 1 aromatic heterocycles. The van der Waals surface area contributed by atoms with E-state index in [1.807, 2.05) is 65.6 Å². The van der Waals surface area contributed by atoms with Crippen LogP contribution in [0.15, 0.2) is 66.9 Å². The topological polar surface area (TPSA) is 71.5 Å². The first-order valence-electron chi connectivity index (χ1n) is 9.78. The number of fused-ring (bicyclic) bond motifs is 2. The van der Waals surface area contributed by atoms with Gasteiger partial charge in [-0.25, -0.2) is 0 Å². The fourth-order valence-corrected chi connectivity index (χ4v) is 4.49. The Morgan fingerprint density at radius 1 is 1.10 bits per heavy atom. The summed E-state index contributed by atoms with van der Waals surface area (Å²) in [5.74, 6) is -0.181. The molecule has 2 fully saturated rings. The molecule has 0 radical (unpaired) electrons. The van der Waals surface area contributed by atoms with E-state index in [4.69, 9.17) is 4.74 Å². The van der Waals surface area contributed by atoms with Crippen LogP contribution in [-0.4, -0.2) is 47.5 Å². The Bertz CT molecular complexity index is 1080. The molecule has 2 saturated heterocycles.